The number of pyridine rings is 1. The number of methoxy groups -OCH3 is 1. The number of carbonyl (C=O) groups excluding carboxylic acids is 1. The summed E-state index contributed by atoms with van der Waals surface area (Å²) in [7, 11) is 1.64. The number of piperidine rings is 1. The fourth-order valence-corrected chi connectivity index (χ4v) is 3.90. The fourth-order valence-electron chi connectivity index (χ4n) is 3.03. The number of rotatable bonds is 4. The molecule has 0 atom stereocenters. The van der Waals surface area contributed by atoms with Crippen LogP contribution in [0.3, 0.4) is 0 Å². The van der Waals surface area contributed by atoms with Crippen molar-refractivity contribution in [3.8, 4) is 10.9 Å². The van der Waals surface area contributed by atoms with Gasteiger partial charge >= 0.3 is 0 Å². The van der Waals surface area contributed by atoms with Gasteiger partial charge in [-0.25, -0.2) is 4.98 Å². The van der Waals surface area contributed by atoms with Gasteiger partial charge < -0.3 is 14.4 Å². The summed E-state index contributed by atoms with van der Waals surface area (Å²) < 4.78 is 12.4. The third-order valence-electron chi connectivity index (χ3n) is 4.46. The van der Waals surface area contributed by atoms with Crippen molar-refractivity contribution in [3.63, 3.8) is 0 Å². The van der Waals surface area contributed by atoms with E-state index in [0.29, 0.717) is 24.0 Å². The number of hydrogen-bond acceptors (Lipinski definition) is 6. The minimum atomic E-state index is -0.0175. The molecule has 1 fully saturated rings. The Morgan fingerprint density at radius 3 is 2.81 bits per heavy atom. The van der Waals surface area contributed by atoms with Crippen LogP contribution in [0.5, 0.6) is 10.9 Å². The predicted octanol–water partition coefficient (Wildman–Crippen LogP) is 3.38. The van der Waals surface area contributed by atoms with Gasteiger partial charge in [0.2, 0.25) is 0 Å². The standard InChI is InChI=1S/C19H19N3O3S/c1-24-14-5-6-17-16(12-14)21-19(26-17)25-13-7-10-22(11-8-13)18(23)15-4-2-3-9-20-15/h2-6,9,12-13H,7-8,10-11H2,1H3. The van der Waals surface area contributed by atoms with E-state index in [9.17, 15) is 4.79 Å². The number of hydrogen-bond donors (Lipinski definition) is 0. The number of amides is 1. The average Bonchev–Trinajstić information content (AvgIpc) is 3.10. The lowest BCUT2D eigenvalue weighted by atomic mass is 10.1. The molecule has 0 bridgehead atoms. The first kappa shape index (κ1) is 16.8. The Hall–Kier alpha value is -2.67. The van der Waals surface area contributed by atoms with E-state index in [2.05, 4.69) is 9.97 Å². The zero-order valence-electron chi connectivity index (χ0n) is 14.4. The molecule has 7 heteroatoms. The van der Waals surface area contributed by atoms with Gasteiger partial charge in [-0.3, -0.25) is 9.78 Å². The number of ether oxygens (including phenoxy) is 2. The molecule has 6 nitrogen and oxygen atoms in total. The van der Waals surface area contributed by atoms with E-state index in [0.717, 1.165) is 28.8 Å². The Kier molecular flexibility index (Phi) is 4.71. The molecule has 1 saturated heterocycles. The Morgan fingerprint density at radius 1 is 1.23 bits per heavy atom. The molecule has 0 saturated carbocycles. The largest absolute Gasteiger partial charge is 0.497 e. The average molecular weight is 369 g/mol. The molecule has 3 aromatic rings. The van der Waals surface area contributed by atoms with Crippen LogP contribution < -0.4 is 9.47 Å². The molecule has 1 aromatic carbocycles. The normalized spacial score (nSPS) is 15.2. The maximum absolute atomic E-state index is 12.4. The third-order valence-corrected chi connectivity index (χ3v) is 5.38. The van der Waals surface area contributed by atoms with Crippen molar-refractivity contribution in [2.45, 2.75) is 18.9 Å². The van der Waals surface area contributed by atoms with Crippen LogP contribution >= 0.6 is 11.3 Å². The highest BCUT2D eigenvalue weighted by Crippen LogP contribution is 2.32. The molecule has 0 unspecified atom stereocenters. The number of aromatic nitrogens is 2. The van der Waals surface area contributed by atoms with Gasteiger partial charge in [-0.15, -0.1) is 0 Å². The third kappa shape index (κ3) is 3.48. The Balaban J connectivity index is 1.37. The molecule has 0 radical (unpaired) electrons. The molecule has 2 aromatic heterocycles. The number of likely N-dealkylation sites (tertiary alicyclic amines) is 1. The minimum Gasteiger partial charge on any atom is -0.497 e. The molecular weight excluding hydrogens is 350 g/mol. The highest BCUT2D eigenvalue weighted by atomic mass is 32.1. The zero-order valence-corrected chi connectivity index (χ0v) is 15.2. The van der Waals surface area contributed by atoms with Crippen molar-refractivity contribution in [1.29, 1.82) is 0 Å². The van der Waals surface area contributed by atoms with E-state index in [1.807, 2.05) is 35.2 Å². The zero-order chi connectivity index (χ0) is 17.9. The van der Waals surface area contributed by atoms with E-state index >= 15 is 0 Å². The van der Waals surface area contributed by atoms with Crippen LogP contribution in [-0.2, 0) is 0 Å². The summed E-state index contributed by atoms with van der Waals surface area (Å²) in [6, 6.07) is 11.2. The molecule has 1 amide bonds. The quantitative estimate of drug-likeness (QED) is 0.705. The highest BCUT2D eigenvalue weighted by molar-refractivity contribution is 7.20. The lowest BCUT2D eigenvalue weighted by Gasteiger charge is -2.31. The lowest BCUT2D eigenvalue weighted by Crippen LogP contribution is -2.42. The van der Waals surface area contributed by atoms with Crippen LogP contribution in [0.2, 0.25) is 0 Å². The summed E-state index contributed by atoms with van der Waals surface area (Å²) in [6.07, 6.45) is 3.30. The molecule has 3 heterocycles. The van der Waals surface area contributed by atoms with Crippen molar-refractivity contribution in [2.75, 3.05) is 20.2 Å². The predicted molar refractivity (Wildman–Crippen MR) is 100.0 cm³/mol. The minimum absolute atomic E-state index is 0.0175. The number of benzene rings is 1. The van der Waals surface area contributed by atoms with Crippen molar-refractivity contribution >= 4 is 27.5 Å². The Morgan fingerprint density at radius 2 is 2.08 bits per heavy atom. The first-order valence-corrected chi connectivity index (χ1v) is 9.36. The second-order valence-corrected chi connectivity index (χ2v) is 7.13. The molecule has 26 heavy (non-hydrogen) atoms. The monoisotopic (exact) mass is 369 g/mol. The number of fused-ring (bicyclic) bond motifs is 1. The van der Waals surface area contributed by atoms with Crippen LogP contribution in [0.25, 0.3) is 10.2 Å². The van der Waals surface area contributed by atoms with Gasteiger partial charge in [0, 0.05) is 38.2 Å². The van der Waals surface area contributed by atoms with E-state index in [4.69, 9.17) is 9.47 Å². The van der Waals surface area contributed by atoms with Crippen molar-refractivity contribution in [1.82, 2.24) is 14.9 Å². The van der Waals surface area contributed by atoms with Crippen LogP contribution in [-0.4, -0.2) is 47.1 Å². The van der Waals surface area contributed by atoms with Crippen LogP contribution in [0.4, 0.5) is 0 Å². The summed E-state index contributed by atoms with van der Waals surface area (Å²) in [5.41, 5.74) is 1.37. The smallest absolute Gasteiger partial charge is 0.274 e. The van der Waals surface area contributed by atoms with Crippen LogP contribution in [0.1, 0.15) is 23.3 Å². The Labute approximate surface area is 155 Å². The van der Waals surface area contributed by atoms with Crippen LogP contribution in [0, 0.1) is 0 Å². The summed E-state index contributed by atoms with van der Waals surface area (Å²) in [5, 5.41) is 0.669. The molecule has 1 aliphatic rings. The van der Waals surface area contributed by atoms with Gasteiger partial charge in [-0.05, 0) is 24.3 Å². The summed E-state index contributed by atoms with van der Waals surface area (Å²) >= 11 is 1.53. The highest BCUT2D eigenvalue weighted by Gasteiger charge is 2.26. The molecule has 134 valence electrons. The SMILES string of the molecule is COc1ccc2sc(OC3CCN(C(=O)c4ccccn4)CC3)nc2c1. The number of thiazole rings is 1. The van der Waals surface area contributed by atoms with Gasteiger partial charge in [0.15, 0.2) is 0 Å². The molecule has 0 N–H and O–H groups in total. The summed E-state index contributed by atoms with van der Waals surface area (Å²) in [4.78, 5) is 23.0. The first-order valence-electron chi connectivity index (χ1n) is 8.54. The number of nitrogens with zero attached hydrogens (tertiary/aromatic N) is 3. The van der Waals surface area contributed by atoms with Gasteiger partial charge in [0.05, 0.1) is 17.3 Å². The maximum Gasteiger partial charge on any atom is 0.274 e. The number of carbonyl (C=O) groups is 1. The molecule has 0 aliphatic carbocycles. The van der Waals surface area contributed by atoms with Crippen molar-refractivity contribution < 1.29 is 14.3 Å². The van der Waals surface area contributed by atoms with E-state index in [1.54, 1.807) is 19.4 Å². The first-order chi connectivity index (χ1) is 12.7. The second kappa shape index (κ2) is 7.29. The van der Waals surface area contributed by atoms with Gasteiger partial charge in [0.25, 0.3) is 11.1 Å². The summed E-state index contributed by atoms with van der Waals surface area (Å²) in [6.45, 7) is 1.33. The lowest BCUT2D eigenvalue weighted by molar-refractivity contribution is 0.0590. The van der Waals surface area contributed by atoms with E-state index in [1.165, 1.54) is 11.3 Å². The summed E-state index contributed by atoms with van der Waals surface area (Å²) in [5.74, 6) is 0.770. The molecule has 0 spiro atoms. The molecule has 1 aliphatic heterocycles. The van der Waals surface area contributed by atoms with Gasteiger partial charge in [0.1, 0.15) is 17.5 Å². The Bertz CT molecular complexity index is 905. The van der Waals surface area contributed by atoms with E-state index in [-0.39, 0.29) is 12.0 Å². The van der Waals surface area contributed by atoms with Gasteiger partial charge in [-0.2, -0.15) is 0 Å². The van der Waals surface area contributed by atoms with Crippen molar-refractivity contribution in [3.05, 3.63) is 48.3 Å². The fraction of sp³-hybridized carbons (Fsp3) is 0.316. The van der Waals surface area contributed by atoms with Crippen LogP contribution in [0.15, 0.2) is 42.6 Å². The topological polar surface area (TPSA) is 64.6 Å². The van der Waals surface area contributed by atoms with E-state index < -0.39 is 0 Å². The second-order valence-electron chi connectivity index (χ2n) is 6.14. The maximum atomic E-state index is 12.4. The molecular formula is C19H19N3O3S. The molecule has 4 rings (SSSR count). The van der Waals surface area contributed by atoms with Gasteiger partial charge in [-0.1, -0.05) is 17.4 Å². The van der Waals surface area contributed by atoms with Crippen molar-refractivity contribution in [2.24, 2.45) is 0 Å².